The van der Waals surface area contributed by atoms with Crippen LogP contribution in [0.3, 0.4) is 0 Å². The van der Waals surface area contributed by atoms with Crippen molar-refractivity contribution in [1.29, 1.82) is 0 Å². The summed E-state index contributed by atoms with van der Waals surface area (Å²) in [6, 6.07) is 8.39. The molecule has 0 radical (unpaired) electrons. The molecule has 5 nitrogen and oxygen atoms in total. The Labute approximate surface area is 130 Å². The fraction of sp³-hybridized carbons (Fsp3) is 0.200. The molecule has 1 heterocycles. The van der Waals surface area contributed by atoms with Crippen molar-refractivity contribution in [2.24, 2.45) is 0 Å². The predicted octanol–water partition coefficient (Wildman–Crippen LogP) is 3.39. The number of ether oxygens (including phenoxy) is 2. The van der Waals surface area contributed by atoms with E-state index in [9.17, 15) is 4.79 Å². The summed E-state index contributed by atoms with van der Waals surface area (Å²) in [4.78, 5) is 15.0. The van der Waals surface area contributed by atoms with Gasteiger partial charge in [0, 0.05) is 17.1 Å². The fourth-order valence-electron chi connectivity index (χ4n) is 1.67. The third-order valence-corrected chi connectivity index (χ3v) is 3.05. The Balaban J connectivity index is 1.76. The van der Waals surface area contributed by atoms with Gasteiger partial charge in [0.15, 0.2) is 0 Å². The molecule has 0 saturated heterocycles. The van der Waals surface area contributed by atoms with Crippen molar-refractivity contribution in [3.8, 4) is 11.5 Å². The van der Waals surface area contributed by atoms with Crippen LogP contribution in [0.5, 0.6) is 11.5 Å². The molecule has 0 bridgehead atoms. The number of pyridine rings is 1. The molecule has 0 aliphatic carbocycles. The Kier molecular flexibility index (Phi) is 5.57. The first-order chi connectivity index (χ1) is 10.2. The number of para-hydroxylation sites is 1. The number of nitrogens with zero attached hydrogens (tertiary/aromatic N) is 1. The number of rotatable bonds is 7. The summed E-state index contributed by atoms with van der Waals surface area (Å²) in [6.07, 6.45) is 3.95. The molecule has 0 fully saturated rings. The fourth-order valence-corrected chi connectivity index (χ4v) is 2.02. The zero-order chi connectivity index (χ0) is 15.1. The first kappa shape index (κ1) is 15.3. The van der Waals surface area contributed by atoms with Crippen LogP contribution < -0.4 is 9.47 Å². The van der Waals surface area contributed by atoms with Crippen molar-refractivity contribution in [3.05, 3.63) is 52.8 Å². The minimum absolute atomic E-state index is 0.162. The summed E-state index contributed by atoms with van der Waals surface area (Å²) in [5, 5.41) is 9.03. The quantitative estimate of drug-likeness (QED) is 0.774. The molecule has 2 rings (SSSR count). The van der Waals surface area contributed by atoms with Crippen molar-refractivity contribution >= 4 is 21.9 Å². The van der Waals surface area contributed by atoms with E-state index in [-0.39, 0.29) is 5.56 Å². The summed E-state index contributed by atoms with van der Waals surface area (Å²) < 4.78 is 11.8. The SMILES string of the molecule is O=C(O)c1ccccc1OCCCOc1cncc(Br)c1. The number of hydrogen-bond acceptors (Lipinski definition) is 4. The van der Waals surface area contributed by atoms with Gasteiger partial charge in [-0.2, -0.15) is 0 Å². The largest absolute Gasteiger partial charge is 0.493 e. The van der Waals surface area contributed by atoms with E-state index in [0.29, 0.717) is 31.1 Å². The number of aromatic carboxylic acids is 1. The lowest BCUT2D eigenvalue weighted by Crippen LogP contribution is -2.07. The van der Waals surface area contributed by atoms with E-state index in [1.807, 2.05) is 6.07 Å². The van der Waals surface area contributed by atoms with E-state index in [1.54, 1.807) is 30.6 Å². The van der Waals surface area contributed by atoms with Crippen molar-refractivity contribution in [2.75, 3.05) is 13.2 Å². The van der Waals surface area contributed by atoms with Gasteiger partial charge in [0.25, 0.3) is 0 Å². The highest BCUT2D eigenvalue weighted by Crippen LogP contribution is 2.18. The van der Waals surface area contributed by atoms with Crippen LogP contribution in [0.25, 0.3) is 0 Å². The van der Waals surface area contributed by atoms with Gasteiger partial charge in [0.1, 0.15) is 17.1 Å². The Morgan fingerprint density at radius 2 is 1.95 bits per heavy atom. The molecule has 21 heavy (non-hydrogen) atoms. The molecule has 0 saturated carbocycles. The van der Waals surface area contributed by atoms with Crippen LogP contribution >= 0.6 is 15.9 Å². The molecule has 6 heteroatoms. The van der Waals surface area contributed by atoms with Crippen molar-refractivity contribution < 1.29 is 19.4 Å². The van der Waals surface area contributed by atoms with Gasteiger partial charge in [0.2, 0.25) is 0 Å². The van der Waals surface area contributed by atoms with Crippen LogP contribution in [-0.4, -0.2) is 29.3 Å². The minimum atomic E-state index is -0.998. The first-order valence-corrected chi connectivity index (χ1v) is 7.14. The molecule has 2 aromatic rings. The summed E-state index contributed by atoms with van der Waals surface area (Å²) >= 11 is 3.31. The third kappa shape index (κ3) is 4.75. The van der Waals surface area contributed by atoms with Crippen molar-refractivity contribution in [3.63, 3.8) is 0 Å². The van der Waals surface area contributed by atoms with Gasteiger partial charge in [-0.3, -0.25) is 4.98 Å². The van der Waals surface area contributed by atoms with Crippen molar-refractivity contribution in [2.45, 2.75) is 6.42 Å². The molecule has 0 aliphatic heterocycles. The van der Waals surface area contributed by atoms with Gasteiger partial charge >= 0.3 is 5.97 Å². The summed E-state index contributed by atoms with van der Waals surface area (Å²) in [5.74, 6) is 0.0477. The molecule has 0 aliphatic rings. The maximum Gasteiger partial charge on any atom is 0.339 e. The van der Waals surface area contributed by atoms with Gasteiger partial charge in [-0.15, -0.1) is 0 Å². The number of aromatic nitrogens is 1. The second kappa shape index (κ2) is 7.64. The molecule has 1 N–H and O–H groups in total. The number of benzene rings is 1. The van der Waals surface area contributed by atoms with E-state index < -0.39 is 5.97 Å². The van der Waals surface area contributed by atoms with Crippen LogP contribution in [0.4, 0.5) is 0 Å². The highest BCUT2D eigenvalue weighted by atomic mass is 79.9. The second-order valence-electron chi connectivity index (χ2n) is 4.19. The normalized spacial score (nSPS) is 10.1. The molecule has 1 aromatic heterocycles. The average Bonchev–Trinajstić information content (AvgIpc) is 2.47. The lowest BCUT2D eigenvalue weighted by atomic mass is 10.2. The monoisotopic (exact) mass is 351 g/mol. The van der Waals surface area contributed by atoms with Crippen LogP contribution in [0.1, 0.15) is 16.8 Å². The van der Waals surface area contributed by atoms with E-state index in [4.69, 9.17) is 14.6 Å². The maximum atomic E-state index is 11.0. The lowest BCUT2D eigenvalue weighted by molar-refractivity contribution is 0.0692. The lowest BCUT2D eigenvalue weighted by Gasteiger charge is -2.09. The van der Waals surface area contributed by atoms with Gasteiger partial charge < -0.3 is 14.6 Å². The van der Waals surface area contributed by atoms with E-state index in [2.05, 4.69) is 20.9 Å². The predicted molar refractivity (Wildman–Crippen MR) is 80.9 cm³/mol. The molecule has 110 valence electrons. The zero-order valence-electron chi connectivity index (χ0n) is 11.2. The number of carbonyl (C=O) groups is 1. The van der Waals surface area contributed by atoms with Gasteiger partial charge in [-0.25, -0.2) is 4.79 Å². The highest BCUT2D eigenvalue weighted by Gasteiger charge is 2.09. The second-order valence-corrected chi connectivity index (χ2v) is 5.11. The Bertz CT molecular complexity index is 618. The number of hydrogen-bond donors (Lipinski definition) is 1. The Morgan fingerprint density at radius 1 is 1.19 bits per heavy atom. The van der Waals surface area contributed by atoms with E-state index >= 15 is 0 Å². The maximum absolute atomic E-state index is 11.0. The third-order valence-electron chi connectivity index (χ3n) is 2.61. The Morgan fingerprint density at radius 3 is 2.71 bits per heavy atom. The van der Waals surface area contributed by atoms with Crippen molar-refractivity contribution in [1.82, 2.24) is 4.98 Å². The molecular weight excluding hydrogens is 338 g/mol. The van der Waals surface area contributed by atoms with Crippen LogP contribution in [-0.2, 0) is 0 Å². The summed E-state index contributed by atoms with van der Waals surface area (Å²) in [6.45, 7) is 0.846. The van der Waals surface area contributed by atoms with Crippen LogP contribution in [0, 0.1) is 0 Å². The summed E-state index contributed by atoms with van der Waals surface area (Å²) in [5.41, 5.74) is 0.162. The average molecular weight is 352 g/mol. The molecule has 0 unspecified atom stereocenters. The molecule has 0 amide bonds. The van der Waals surface area contributed by atoms with Gasteiger partial charge in [-0.1, -0.05) is 12.1 Å². The highest BCUT2D eigenvalue weighted by molar-refractivity contribution is 9.10. The molecule has 0 spiro atoms. The van der Waals surface area contributed by atoms with Gasteiger partial charge in [-0.05, 0) is 34.1 Å². The smallest absolute Gasteiger partial charge is 0.339 e. The topological polar surface area (TPSA) is 68.7 Å². The van der Waals surface area contributed by atoms with Gasteiger partial charge in [0.05, 0.1) is 19.4 Å². The number of carboxylic acids is 1. The van der Waals surface area contributed by atoms with E-state index in [1.165, 1.54) is 6.07 Å². The minimum Gasteiger partial charge on any atom is -0.493 e. The zero-order valence-corrected chi connectivity index (χ0v) is 12.7. The number of halogens is 1. The molecule has 0 atom stereocenters. The first-order valence-electron chi connectivity index (χ1n) is 6.35. The van der Waals surface area contributed by atoms with Crippen LogP contribution in [0.15, 0.2) is 47.2 Å². The van der Waals surface area contributed by atoms with E-state index in [0.717, 1.165) is 4.47 Å². The standard InChI is InChI=1S/C15H14BrNO4/c16-11-8-12(10-17-9-11)20-6-3-7-21-14-5-2-1-4-13(14)15(18)19/h1-2,4-5,8-10H,3,6-7H2,(H,18,19). The summed E-state index contributed by atoms with van der Waals surface area (Å²) in [7, 11) is 0. The van der Waals surface area contributed by atoms with Crippen LogP contribution in [0.2, 0.25) is 0 Å². The molecule has 1 aromatic carbocycles. The number of carboxylic acid groups (broad SMARTS) is 1. The molecular formula is C15H14BrNO4. The Hall–Kier alpha value is -2.08.